The third kappa shape index (κ3) is 7.47. The van der Waals surface area contributed by atoms with Crippen LogP contribution in [0.4, 0.5) is 46.5 Å². The van der Waals surface area contributed by atoms with Crippen LogP contribution in [-0.4, -0.2) is 38.5 Å². The molecule has 0 saturated carbocycles. The molecule has 3 aromatic carbocycles. The van der Waals surface area contributed by atoms with Gasteiger partial charge in [-0.2, -0.15) is 39.7 Å². The van der Waals surface area contributed by atoms with Crippen LogP contribution in [0.15, 0.2) is 67.4 Å². The quantitative estimate of drug-likeness (QED) is 0.131. The number of aromatic nitrogens is 4. The minimum atomic E-state index is -4.68. The van der Waals surface area contributed by atoms with Gasteiger partial charge in [0.15, 0.2) is 0 Å². The fraction of sp³-hybridized carbons (Fsp3) is 0.189. The van der Waals surface area contributed by atoms with Crippen LogP contribution in [0, 0.1) is 51.0 Å². The number of aryl methyl sites for hydroxylation is 2. The molecule has 285 valence electrons. The minimum Gasteiger partial charge on any atom is -0.572 e. The van der Waals surface area contributed by atoms with Gasteiger partial charge in [-0.25, -0.2) is 0 Å². The van der Waals surface area contributed by atoms with Gasteiger partial charge in [0, 0.05) is 43.9 Å². The number of anilines is 2. The number of alkyl halides is 6. The number of fused-ring (bicyclic) bond motifs is 5. The Morgan fingerprint density at radius 2 is 1.46 bits per heavy atom. The van der Waals surface area contributed by atoms with Crippen molar-refractivity contribution in [1.29, 1.82) is 0 Å². The summed E-state index contributed by atoms with van der Waals surface area (Å²) >= 11 is 0. The fourth-order valence-corrected chi connectivity index (χ4v) is 6.27. The number of imidazole rings is 1. The number of benzene rings is 3. The second kappa shape index (κ2) is 14.2. The van der Waals surface area contributed by atoms with E-state index in [-0.39, 0.29) is 54.9 Å². The van der Waals surface area contributed by atoms with E-state index in [2.05, 4.69) is 27.3 Å². The Morgan fingerprint density at radius 3 is 2.00 bits per heavy atom. The molecule has 0 spiro atoms. The van der Waals surface area contributed by atoms with Gasteiger partial charge in [0.05, 0.1) is 5.69 Å². The molecular formula is C37H27F8IrN8-5. The Morgan fingerprint density at radius 1 is 0.833 bits per heavy atom. The van der Waals surface area contributed by atoms with Crippen molar-refractivity contribution in [1.82, 2.24) is 29.5 Å². The van der Waals surface area contributed by atoms with E-state index in [4.69, 9.17) is 0 Å². The monoisotopic (exact) mass is 928 g/mol. The van der Waals surface area contributed by atoms with Crippen molar-refractivity contribution in [3.63, 3.8) is 0 Å². The van der Waals surface area contributed by atoms with Crippen molar-refractivity contribution in [3.8, 4) is 28.5 Å². The summed E-state index contributed by atoms with van der Waals surface area (Å²) in [7, 11) is 3.61. The molecule has 2 aromatic heterocycles. The molecule has 54 heavy (non-hydrogen) atoms. The molecule has 8 rings (SSSR count). The minimum absolute atomic E-state index is 0. The maximum Gasteiger partial charge on any atom is 0.431 e. The Bertz CT molecular complexity index is 2230. The van der Waals surface area contributed by atoms with Crippen LogP contribution in [0.25, 0.3) is 28.5 Å². The van der Waals surface area contributed by atoms with Crippen molar-refractivity contribution in [3.05, 3.63) is 138 Å². The molecule has 0 aliphatic carbocycles. The fourth-order valence-electron chi connectivity index (χ4n) is 6.27. The predicted octanol–water partition coefficient (Wildman–Crippen LogP) is 8.36. The Hall–Kier alpha value is -5.15. The van der Waals surface area contributed by atoms with Gasteiger partial charge >= 0.3 is 12.4 Å². The summed E-state index contributed by atoms with van der Waals surface area (Å²) in [5, 5.41) is 7.16. The normalized spacial score (nSPS) is 14.7. The van der Waals surface area contributed by atoms with Gasteiger partial charge in [0.2, 0.25) is 0 Å². The molecule has 17 heteroatoms. The van der Waals surface area contributed by atoms with Crippen molar-refractivity contribution >= 4 is 11.4 Å². The standard InChI is InChI=1S/C22H13F5N4.C15H14F3N4.Ir/c1-10-5-11(2)19-12(6-10)7-15-18(29-30-20(15)22(25,26)27)21-28-17(9-31(19)21)14-4-3-13(23)8-16(14)24;1-19-3-5-21(10-19)13-7-12(15(16,17)18)8-14(9-13)22-6-4-20(2)11-22;/h3,5-6,8-9H,7H2,1-2H3;3-8,10-11H,1-2H3;/q-2;-3;. The van der Waals surface area contributed by atoms with Crippen LogP contribution < -0.4 is 14.9 Å². The van der Waals surface area contributed by atoms with E-state index < -0.39 is 35.2 Å². The van der Waals surface area contributed by atoms with E-state index >= 15 is 0 Å². The molecule has 3 aliphatic heterocycles. The molecule has 5 aromatic rings. The third-order valence-corrected chi connectivity index (χ3v) is 8.52. The zero-order chi connectivity index (χ0) is 38.0. The summed E-state index contributed by atoms with van der Waals surface area (Å²) in [5.41, 5.74) is 1.80. The largest absolute Gasteiger partial charge is 0.572 e. The van der Waals surface area contributed by atoms with Gasteiger partial charge in [0.1, 0.15) is 11.5 Å². The number of nitrogens with zero attached hydrogens (tertiary/aromatic N) is 8. The predicted molar refractivity (Wildman–Crippen MR) is 179 cm³/mol. The number of halogens is 8. The number of hydrogen-bond donors (Lipinski definition) is 0. The smallest absolute Gasteiger partial charge is 0.431 e. The Kier molecular flexibility index (Phi) is 10.2. The molecule has 0 saturated heterocycles. The number of rotatable bonds is 3. The summed E-state index contributed by atoms with van der Waals surface area (Å²) < 4.78 is 110. The van der Waals surface area contributed by atoms with Crippen LogP contribution >= 0.6 is 0 Å². The van der Waals surface area contributed by atoms with Crippen molar-refractivity contribution < 1.29 is 55.2 Å². The van der Waals surface area contributed by atoms with Crippen LogP contribution in [0.1, 0.15) is 33.5 Å². The first-order chi connectivity index (χ1) is 25.0. The SMILES string of the molecule is CN1C=CN(c2[c-]c(N3C=CN(C)[CH-]3)cc(C(F)(F)F)c2)[CH-]1.Cc1cc(C)c2c(c1)Cc1c(C(F)(F)F)n[n-]c1-c1nc(-c3[c-]cc(F)cc3F)cn1-2.[Ir]. The molecule has 0 N–H and O–H groups in total. The first kappa shape index (κ1) is 38.6. The maximum absolute atomic E-state index is 14.4. The van der Waals surface area contributed by atoms with Crippen molar-refractivity contribution in [2.24, 2.45) is 0 Å². The van der Waals surface area contributed by atoms with E-state index in [1.165, 1.54) is 6.20 Å². The van der Waals surface area contributed by atoms with Gasteiger partial charge in [-0.05, 0) is 75.6 Å². The average molecular weight is 928 g/mol. The zero-order valence-corrected chi connectivity index (χ0v) is 31.0. The van der Waals surface area contributed by atoms with Crippen LogP contribution in [-0.2, 0) is 38.9 Å². The summed E-state index contributed by atoms with van der Waals surface area (Å²) in [6.45, 7) is 7.07. The van der Waals surface area contributed by atoms with Crippen LogP contribution in [0.5, 0.6) is 0 Å². The van der Waals surface area contributed by atoms with Crippen molar-refractivity contribution in [2.45, 2.75) is 32.6 Å². The van der Waals surface area contributed by atoms with E-state index in [9.17, 15) is 35.1 Å². The molecule has 0 unspecified atom stereocenters. The summed E-state index contributed by atoms with van der Waals surface area (Å²) in [4.78, 5) is 11.1. The van der Waals surface area contributed by atoms with Crippen LogP contribution in [0.2, 0.25) is 0 Å². The van der Waals surface area contributed by atoms with Gasteiger partial charge in [0.25, 0.3) is 0 Å². The molecule has 0 fully saturated rings. The van der Waals surface area contributed by atoms with E-state index in [1.807, 2.05) is 19.9 Å². The Labute approximate surface area is 318 Å². The first-order valence-electron chi connectivity index (χ1n) is 15.8. The number of hydrogen-bond acceptors (Lipinski definition) is 6. The molecule has 3 aliphatic rings. The maximum atomic E-state index is 14.4. The second-order valence-corrected chi connectivity index (χ2v) is 12.6. The van der Waals surface area contributed by atoms with Crippen LogP contribution in [0.3, 0.4) is 0 Å². The molecule has 1 radical (unpaired) electrons. The van der Waals surface area contributed by atoms with Gasteiger partial charge in [-0.3, -0.25) is 13.8 Å². The summed E-state index contributed by atoms with van der Waals surface area (Å²) in [5.74, 6) is -1.56. The van der Waals surface area contributed by atoms with E-state index in [0.29, 0.717) is 28.7 Å². The van der Waals surface area contributed by atoms with Gasteiger partial charge < -0.3 is 34.4 Å². The molecule has 0 atom stereocenters. The topological polar surface area (TPSA) is 57.8 Å². The average Bonchev–Trinajstić information content (AvgIpc) is 3.87. The van der Waals surface area contributed by atoms with Gasteiger partial charge in [-0.15, -0.1) is 41.7 Å². The van der Waals surface area contributed by atoms with Gasteiger partial charge in [-0.1, -0.05) is 40.6 Å². The molecular weight excluding hydrogens is 901 g/mol. The zero-order valence-electron chi connectivity index (χ0n) is 28.6. The second-order valence-electron chi connectivity index (χ2n) is 12.6. The molecule has 0 amide bonds. The first-order valence-corrected chi connectivity index (χ1v) is 15.8. The molecule has 8 nitrogen and oxygen atoms in total. The summed E-state index contributed by atoms with van der Waals surface area (Å²) in [6, 6.07) is 13.1. The molecule has 5 heterocycles. The van der Waals surface area contributed by atoms with E-state index in [1.54, 1.807) is 82.5 Å². The summed E-state index contributed by atoms with van der Waals surface area (Å²) in [6.07, 6.45) is -0.737. The van der Waals surface area contributed by atoms with Crippen molar-refractivity contribution in [2.75, 3.05) is 23.9 Å². The molecule has 0 bridgehead atoms. The Balaban J connectivity index is 0.000000191. The van der Waals surface area contributed by atoms with E-state index in [0.717, 1.165) is 29.3 Å². The third-order valence-electron chi connectivity index (χ3n) is 8.52.